The Hall–Kier alpha value is -2.33. The maximum atomic E-state index is 12.7. The Morgan fingerprint density at radius 3 is 2.38 bits per heavy atom. The molecule has 1 aliphatic heterocycles. The van der Waals surface area contributed by atoms with Crippen molar-refractivity contribution in [1.82, 2.24) is 4.90 Å². The van der Waals surface area contributed by atoms with Crippen molar-refractivity contribution in [3.8, 4) is 0 Å². The number of anilines is 1. The molecule has 1 fully saturated rings. The third-order valence-electron chi connectivity index (χ3n) is 5.20. The van der Waals surface area contributed by atoms with E-state index < -0.39 is 6.10 Å². The molecule has 1 atom stereocenters. The molecular formula is C22H28N2O2. The molecule has 4 nitrogen and oxygen atoms in total. The minimum absolute atomic E-state index is 0.0848. The summed E-state index contributed by atoms with van der Waals surface area (Å²) in [7, 11) is 0. The third-order valence-corrected chi connectivity index (χ3v) is 5.20. The molecule has 4 heteroatoms. The number of aryl methyl sites for hydroxylation is 1. The second-order valence-corrected chi connectivity index (χ2v) is 6.97. The Morgan fingerprint density at radius 2 is 1.69 bits per heavy atom. The predicted octanol–water partition coefficient (Wildman–Crippen LogP) is 3.56. The van der Waals surface area contributed by atoms with Gasteiger partial charge in [-0.25, -0.2) is 0 Å². The highest BCUT2D eigenvalue weighted by Gasteiger charge is 2.26. The van der Waals surface area contributed by atoms with Gasteiger partial charge in [-0.15, -0.1) is 0 Å². The van der Waals surface area contributed by atoms with Crippen molar-refractivity contribution in [3.05, 3.63) is 65.2 Å². The Labute approximate surface area is 156 Å². The molecule has 2 aromatic carbocycles. The first-order chi connectivity index (χ1) is 12.6. The van der Waals surface area contributed by atoms with E-state index in [4.69, 9.17) is 4.74 Å². The molecule has 1 aliphatic rings. The minimum atomic E-state index is -0.414. The van der Waals surface area contributed by atoms with Crippen LogP contribution in [-0.4, -0.2) is 43.1 Å². The van der Waals surface area contributed by atoms with Gasteiger partial charge in [-0.1, -0.05) is 42.5 Å². The number of rotatable bonds is 5. The molecule has 0 aliphatic carbocycles. The second kappa shape index (κ2) is 8.37. The van der Waals surface area contributed by atoms with Gasteiger partial charge in [0, 0.05) is 31.9 Å². The molecule has 138 valence electrons. The van der Waals surface area contributed by atoms with Crippen molar-refractivity contribution < 1.29 is 9.53 Å². The van der Waals surface area contributed by atoms with Gasteiger partial charge in [0.05, 0.1) is 6.61 Å². The normalized spacial score (nSPS) is 15.8. The number of ether oxygens (including phenoxy) is 1. The molecule has 0 radical (unpaired) electrons. The highest BCUT2D eigenvalue weighted by Crippen LogP contribution is 2.24. The highest BCUT2D eigenvalue weighted by molar-refractivity contribution is 5.80. The first kappa shape index (κ1) is 18.5. The molecule has 1 saturated heterocycles. The van der Waals surface area contributed by atoms with E-state index in [2.05, 4.69) is 36.9 Å². The maximum Gasteiger partial charge on any atom is 0.251 e. The van der Waals surface area contributed by atoms with Crippen LogP contribution >= 0.6 is 0 Å². The lowest BCUT2D eigenvalue weighted by Crippen LogP contribution is -2.51. The fourth-order valence-corrected chi connectivity index (χ4v) is 3.37. The molecule has 0 unspecified atom stereocenters. The number of piperazine rings is 1. The highest BCUT2D eigenvalue weighted by atomic mass is 16.5. The molecule has 0 bridgehead atoms. The lowest BCUT2D eigenvalue weighted by molar-refractivity contribution is -0.143. The Kier molecular flexibility index (Phi) is 5.94. The van der Waals surface area contributed by atoms with Crippen LogP contribution in [0.15, 0.2) is 48.5 Å². The fraction of sp³-hybridized carbons (Fsp3) is 0.409. The molecule has 1 amide bonds. The van der Waals surface area contributed by atoms with Crippen LogP contribution in [0.4, 0.5) is 5.69 Å². The summed E-state index contributed by atoms with van der Waals surface area (Å²) in [5.74, 6) is 0.0848. The fourth-order valence-electron chi connectivity index (χ4n) is 3.37. The van der Waals surface area contributed by atoms with Crippen molar-refractivity contribution in [2.45, 2.75) is 33.5 Å². The van der Waals surface area contributed by atoms with Gasteiger partial charge in [0.15, 0.2) is 0 Å². The van der Waals surface area contributed by atoms with Crippen LogP contribution in [0.3, 0.4) is 0 Å². The SMILES string of the molecule is Cc1cccc(N2CCN(C(=O)[C@H](C)OCc3ccccc3)CC2)c1C. The van der Waals surface area contributed by atoms with Gasteiger partial charge in [-0.2, -0.15) is 0 Å². The molecular weight excluding hydrogens is 324 g/mol. The third kappa shape index (κ3) is 4.25. The summed E-state index contributed by atoms with van der Waals surface area (Å²) in [5, 5.41) is 0. The van der Waals surface area contributed by atoms with Crippen molar-refractivity contribution in [2.24, 2.45) is 0 Å². The van der Waals surface area contributed by atoms with Crippen molar-refractivity contribution in [3.63, 3.8) is 0 Å². The van der Waals surface area contributed by atoms with Crippen LogP contribution in [0, 0.1) is 13.8 Å². The van der Waals surface area contributed by atoms with Crippen LogP contribution in [0.5, 0.6) is 0 Å². The summed E-state index contributed by atoms with van der Waals surface area (Å²) in [6.07, 6.45) is -0.414. The number of carbonyl (C=O) groups excluding carboxylic acids is 1. The van der Waals surface area contributed by atoms with Crippen molar-refractivity contribution in [2.75, 3.05) is 31.1 Å². The van der Waals surface area contributed by atoms with E-state index in [1.807, 2.05) is 42.2 Å². The molecule has 0 N–H and O–H groups in total. The zero-order valence-electron chi connectivity index (χ0n) is 15.9. The van der Waals surface area contributed by atoms with Crippen LogP contribution in [0.1, 0.15) is 23.6 Å². The molecule has 0 aromatic heterocycles. The Morgan fingerprint density at radius 1 is 1.00 bits per heavy atom. The van der Waals surface area contributed by atoms with E-state index in [9.17, 15) is 4.79 Å². The number of benzene rings is 2. The molecule has 0 spiro atoms. The average Bonchev–Trinajstić information content (AvgIpc) is 2.68. The summed E-state index contributed by atoms with van der Waals surface area (Å²) in [5.41, 5.74) is 5.01. The van der Waals surface area contributed by atoms with E-state index in [0.717, 1.165) is 31.7 Å². The van der Waals surface area contributed by atoms with Crippen LogP contribution in [0.2, 0.25) is 0 Å². The molecule has 2 aromatic rings. The smallest absolute Gasteiger partial charge is 0.251 e. The molecule has 26 heavy (non-hydrogen) atoms. The Bertz CT molecular complexity index is 737. The van der Waals surface area contributed by atoms with Gasteiger partial charge in [0.2, 0.25) is 0 Å². The topological polar surface area (TPSA) is 32.8 Å². The van der Waals surface area contributed by atoms with E-state index in [1.54, 1.807) is 0 Å². The van der Waals surface area contributed by atoms with Crippen LogP contribution in [-0.2, 0) is 16.1 Å². The number of nitrogens with zero attached hydrogens (tertiary/aromatic N) is 2. The lowest BCUT2D eigenvalue weighted by atomic mass is 10.1. The summed E-state index contributed by atoms with van der Waals surface area (Å²) in [6, 6.07) is 16.4. The zero-order chi connectivity index (χ0) is 18.5. The summed E-state index contributed by atoms with van der Waals surface area (Å²) in [4.78, 5) is 17.0. The number of hydrogen-bond acceptors (Lipinski definition) is 3. The second-order valence-electron chi connectivity index (χ2n) is 6.97. The number of amides is 1. The standard InChI is InChI=1S/C22H28N2O2/c1-17-8-7-11-21(18(17)2)23-12-14-24(15-13-23)22(25)19(3)26-16-20-9-5-4-6-10-20/h4-11,19H,12-16H2,1-3H3/t19-/m0/s1. The summed E-state index contributed by atoms with van der Waals surface area (Å²) < 4.78 is 5.78. The number of carbonyl (C=O) groups is 1. The van der Waals surface area contributed by atoms with Crippen molar-refractivity contribution in [1.29, 1.82) is 0 Å². The minimum Gasteiger partial charge on any atom is -0.368 e. The van der Waals surface area contributed by atoms with E-state index in [0.29, 0.717) is 6.61 Å². The van der Waals surface area contributed by atoms with E-state index in [1.165, 1.54) is 16.8 Å². The summed E-state index contributed by atoms with van der Waals surface area (Å²) in [6.45, 7) is 9.84. The van der Waals surface area contributed by atoms with Gasteiger partial charge >= 0.3 is 0 Å². The summed E-state index contributed by atoms with van der Waals surface area (Å²) >= 11 is 0. The Balaban J connectivity index is 1.52. The van der Waals surface area contributed by atoms with Gasteiger partial charge in [0.25, 0.3) is 5.91 Å². The van der Waals surface area contributed by atoms with E-state index >= 15 is 0 Å². The average molecular weight is 352 g/mol. The predicted molar refractivity (Wildman–Crippen MR) is 105 cm³/mol. The monoisotopic (exact) mass is 352 g/mol. The largest absolute Gasteiger partial charge is 0.368 e. The van der Waals surface area contributed by atoms with Crippen LogP contribution in [0.25, 0.3) is 0 Å². The molecule has 3 rings (SSSR count). The van der Waals surface area contributed by atoms with Gasteiger partial charge in [0.1, 0.15) is 6.10 Å². The lowest BCUT2D eigenvalue weighted by Gasteiger charge is -2.38. The van der Waals surface area contributed by atoms with Crippen molar-refractivity contribution >= 4 is 11.6 Å². The zero-order valence-corrected chi connectivity index (χ0v) is 15.9. The first-order valence-electron chi connectivity index (χ1n) is 9.31. The quantitative estimate of drug-likeness (QED) is 0.825. The molecule has 0 saturated carbocycles. The van der Waals surface area contributed by atoms with E-state index in [-0.39, 0.29) is 5.91 Å². The van der Waals surface area contributed by atoms with Gasteiger partial charge in [-0.3, -0.25) is 4.79 Å². The first-order valence-corrected chi connectivity index (χ1v) is 9.31. The number of hydrogen-bond donors (Lipinski definition) is 0. The maximum absolute atomic E-state index is 12.7. The molecule has 1 heterocycles. The van der Waals surface area contributed by atoms with Gasteiger partial charge < -0.3 is 14.5 Å². The van der Waals surface area contributed by atoms with Gasteiger partial charge in [-0.05, 0) is 43.5 Å². The van der Waals surface area contributed by atoms with Crippen LogP contribution < -0.4 is 4.90 Å².